The quantitative estimate of drug-likeness (QED) is 0.695. The van der Waals surface area contributed by atoms with Crippen LogP contribution in [0.3, 0.4) is 0 Å². The van der Waals surface area contributed by atoms with E-state index in [1.165, 1.54) is 10.9 Å². The lowest BCUT2D eigenvalue weighted by Gasteiger charge is -2.25. The normalized spacial score (nSPS) is 13.2. The highest BCUT2D eigenvalue weighted by Gasteiger charge is 2.24. The first-order valence-corrected chi connectivity index (χ1v) is 8.69. The second-order valence-electron chi connectivity index (χ2n) is 6.06. The van der Waals surface area contributed by atoms with Gasteiger partial charge in [0.2, 0.25) is 0 Å². The average Bonchev–Trinajstić information content (AvgIpc) is 2.64. The third kappa shape index (κ3) is 3.90. The molecule has 0 radical (unpaired) electrons. The molecule has 2 aromatic carbocycles. The number of aliphatic hydroxyl groups is 1. The smallest absolute Gasteiger partial charge is 0.292 e. The second-order valence-corrected chi connectivity index (χ2v) is 6.88. The Kier molecular flexibility index (Phi) is 5.32. The van der Waals surface area contributed by atoms with Crippen molar-refractivity contribution < 1.29 is 5.11 Å². The van der Waals surface area contributed by atoms with Crippen LogP contribution in [-0.4, -0.2) is 21.4 Å². The van der Waals surface area contributed by atoms with Crippen LogP contribution in [0.25, 0.3) is 5.69 Å². The molecule has 0 amide bonds. The second kappa shape index (κ2) is 7.50. The molecule has 1 heterocycles. The van der Waals surface area contributed by atoms with Crippen molar-refractivity contribution >= 4 is 28.9 Å². The van der Waals surface area contributed by atoms with Gasteiger partial charge in [-0.1, -0.05) is 53.5 Å². The number of hydrogen-bond donors (Lipinski definition) is 2. The van der Waals surface area contributed by atoms with Crippen molar-refractivity contribution in [2.75, 3.05) is 11.9 Å². The van der Waals surface area contributed by atoms with Crippen LogP contribution in [0.1, 0.15) is 12.5 Å². The van der Waals surface area contributed by atoms with Gasteiger partial charge in [-0.3, -0.25) is 4.79 Å². The zero-order valence-electron chi connectivity index (χ0n) is 14.0. The maximum Gasteiger partial charge on any atom is 0.292 e. The van der Waals surface area contributed by atoms with E-state index in [0.717, 1.165) is 0 Å². The SMILES string of the molecule is CC(O)(CNc1cnn(-c2ccccc2)c(=O)c1Cl)c1cccc(Cl)c1. The molecule has 0 saturated heterocycles. The van der Waals surface area contributed by atoms with Crippen molar-refractivity contribution in [3.63, 3.8) is 0 Å². The van der Waals surface area contributed by atoms with Crippen LogP contribution >= 0.6 is 23.2 Å². The first-order valence-electron chi connectivity index (χ1n) is 7.94. The zero-order chi connectivity index (χ0) is 18.7. The molecule has 0 aliphatic carbocycles. The van der Waals surface area contributed by atoms with Crippen molar-refractivity contribution in [1.29, 1.82) is 0 Å². The van der Waals surface area contributed by atoms with Gasteiger partial charge in [-0.25, -0.2) is 0 Å². The van der Waals surface area contributed by atoms with E-state index in [0.29, 0.717) is 22.0 Å². The number of rotatable bonds is 5. The Morgan fingerprint density at radius 3 is 2.58 bits per heavy atom. The number of aromatic nitrogens is 2. The third-order valence-electron chi connectivity index (χ3n) is 3.99. The van der Waals surface area contributed by atoms with Crippen molar-refractivity contribution in [1.82, 2.24) is 9.78 Å². The Morgan fingerprint density at radius 2 is 1.88 bits per heavy atom. The van der Waals surface area contributed by atoms with Crippen molar-refractivity contribution in [3.05, 3.63) is 86.8 Å². The molecular formula is C19H17Cl2N3O2. The van der Waals surface area contributed by atoms with E-state index in [2.05, 4.69) is 10.4 Å². The molecule has 0 spiro atoms. The molecule has 0 aliphatic heterocycles. The lowest BCUT2D eigenvalue weighted by molar-refractivity contribution is 0.0715. The standard InChI is InChI=1S/C19H17Cl2N3O2/c1-19(26,13-6-5-7-14(20)10-13)12-22-16-11-23-24(18(25)17(16)21)15-8-3-2-4-9-15/h2-11,22,26H,12H2,1H3. The number of anilines is 1. The third-order valence-corrected chi connectivity index (χ3v) is 4.59. The van der Waals surface area contributed by atoms with Gasteiger partial charge >= 0.3 is 0 Å². The van der Waals surface area contributed by atoms with Crippen molar-refractivity contribution in [2.24, 2.45) is 0 Å². The monoisotopic (exact) mass is 389 g/mol. The van der Waals surface area contributed by atoms with E-state index >= 15 is 0 Å². The molecule has 3 aromatic rings. The van der Waals surface area contributed by atoms with E-state index in [4.69, 9.17) is 23.2 Å². The van der Waals surface area contributed by atoms with E-state index in [-0.39, 0.29) is 11.6 Å². The molecule has 3 rings (SSSR count). The molecule has 134 valence electrons. The summed E-state index contributed by atoms with van der Waals surface area (Å²) in [7, 11) is 0. The first-order chi connectivity index (χ1) is 12.4. The summed E-state index contributed by atoms with van der Waals surface area (Å²) in [4.78, 5) is 12.5. The fourth-order valence-electron chi connectivity index (χ4n) is 2.50. The minimum Gasteiger partial charge on any atom is -0.384 e. The number of para-hydroxylation sites is 1. The number of benzene rings is 2. The van der Waals surface area contributed by atoms with Gasteiger partial charge < -0.3 is 10.4 Å². The Hall–Kier alpha value is -2.34. The summed E-state index contributed by atoms with van der Waals surface area (Å²) >= 11 is 12.2. The highest BCUT2D eigenvalue weighted by molar-refractivity contribution is 6.33. The van der Waals surface area contributed by atoms with Gasteiger partial charge in [0.15, 0.2) is 0 Å². The molecule has 0 fully saturated rings. The van der Waals surface area contributed by atoms with E-state index in [1.807, 2.05) is 18.2 Å². The Labute approximate surface area is 160 Å². The lowest BCUT2D eigenvalue weighted by Crippen LogP contribution is -2.32. The Balaban J connectivity index is 1.83. The van der Waals surface area contributed by atoms with E-state index in [1.54, 1.807) is 43.3 Å². The maximum absolute atomic E-state index is 12.5. The Morgan fingerprint density at radius 1 is 1.15 bits per heavy atom. The van der Waals surface area contributed by atoms with Crippen LogP contribution in [0.5, 0.6) is 0 Å². The number of nitrogens with zero attached hydrogens (tertiary/aromatic N) is 2. The van der Waals surface area contributed by atoms with Gasteiger partial charge in [0.1, 0.15) is 10.6 Å². The fourth-order valence-corrected chi connectivity index (χ4v) is 2.89. The minimum atomic E-state index is -1.21. The largest absolute Gasteiger partial charge is 0.384 e. The first kappa shape index (κ1) is 18.5. The topological polar surface area (TPSA) is 67.2 Å². The van der Waals surface area contributed by atoms with Crippen LogP contribution in [0.15, 0.2) is 65.6 Å². The predicted octanol–water partition coefficient (Wildman–Crippen LogP) is 3.86. The highest BCUT2D eigenvalue weighted by Crippen LogP contribution is 2.25. The van der Waals surface area contributed by atoms with Gasteiger partial charge in [-0.15, -0.1) is 0 Å². The molecule has 1 atom stereocenters. The van der Waals surface area contributed by atoms with Crippen LogP contribution in [-0.2, 0) is 5.60 Å². The lowest BCUT2D eigenvalue weighted by atomic mass is 9.96. The molecule has 0 aliphatic rings. The molecule has 0 bridgehead atoms. The van der Waals surface area contributed by atoms with Crippen molar-refractivity contribution in [3.8, 4) is 5.69 Å². The maximum atomic E-state index is 12.5. The summed E-state index contributed by atoms with van der Waals surface area (Å²) in [6.45, 7) is 1.78. The summed E-state index contributed by atoms with van der Waals surface area (Å²) in [5.41, 5.74) is -0.0183. The molecule has 1 aromatic heterocycles. The van der Waals surface area contributed by atoms with Crippen LogP contribution in [0.2, 0.25) is 10.0 Å². The average molecular weight is 390 g/mol. The zero-order valence-corrected chi connectivity index (χ0v) is 15.5. The van der Waals surface area contributed by atoms with Crippen LogP contribution in [0, 0.1) is 0 Å². The number of hydrogen-bond acceptors (Lipinski definition) is 4. The van der Waals surface area contributed by atoms with Gasteiger partial charge in [0.05, 0.1) is 17.6 Å². The minimum absolute atomic E-state index is 0.00532. The number of halogens is 2. The molecule has 5 nitrogen and oxygen atoms in total. The highest BCUT2D eigenvalue weighted by atomic mass is 35.5. The van der Waals surface area contributed by atoms with Crippen LogP contribution in [0.4, 0.5) is 5.69 Å². The van der Waals surface area contributed by atoms with Gasteiger partial charge in [0, 0.05) is 11.6 Å². The van der Waals surface area contributed by atoms with Crippen LogP contribution < -0.4 is 10.9 Å². The summed E-state index contributed by atoms with van der Waals surface area (Å²) < 4.78 is 1.22. The van der Waals surface area contributed by atoms with Gasteiger partial charge in [0.25, 0.3) is 5.56 Å². The van der Waals surface area contributed by atoms with Gasteiger partial charge in [-0.2, -0.15) is 9.78 Å². The molecule has 1 unspecified atom stereocenters. The molecular weight excluding hydrogens is 373 g/mol. The van der Waals surface area contributed by atoms with Gasteiger partial charge in [-0.05, 0) is 36.8 Å². The molecule has 0 saturated carbocycles. The summed E-state index contributed by atoms with van der Waals surface area (Å²) in [6, 6.07) is 16.0. The summed E-state index contributed by atoms with van der Waals surface area (Å²) in [5, 5.41) is 18.4. The van der Waals surface area contributed by atoms with E-state index in [9.17, 15) is 9.90 Å². The number of nitrogens with one attached hydrogen (secondary N) is 1. The molecule has 26 heavy (non-hydrogen) atoms. The van der Waals surface area contributed by atoms with E-state index < -0.39 is 11.2 Å². The predicted molar refractivity (Wildman–Crippen MR) is 104 cm³/mol. The fraction of sp³-hybridized carbons (Fsp3) is 0.158. The summed E-state index contributed by atoms with van der Waals surface area (Å²) in [5.74, 6) is 0. The molecule has 7 heteroatoms. The Bertz CT molecular complexity index is 972. The van der Waals surface area contributed by atoms with Crippen molar-refractivity contribution in [2.45, 2.75) is 12.5 Å². The summed E-state index contributed by atoms with van der Waals surface area (Å²) in [6.07, 6.45) is 1.46. The molecule has 2 N–H and O–H groups in total.